The minimum atomic E-state index is -3.13. The number of hydrogen-bond acceptors (Lipinski definition) is 2. The molecule has 46 heavy (non-hydrogen) atoms. The molecule has 226 valence electrons. The Kier molecular flexibility index (Phi) is 7.33. The van der Waals surface area contributed by atoms with Crippen LogP contribution in [0.3, 0.4) is 0 Å². The van der Waals surface area contributed by atoms with E-state index in [0.717, 1.165) is 57.5 Å². The molecule has 0 aliphatic heterocycles. The minimum Gasteiger partial charge on any atom is -0.309 e. The van der Waals surface area contributed by atoms with Crippen molar-refractivity contribution in [2.45, 2.75) is 37.5 Å². The average Bonchev–Trinajstić information content (AvgIpc) is 3.40. The van der Waals surface area contributed by atoms with Crippen molar-refractivity contribution in [3.05, 3.63) is 169 Å². The molecule has 4 heteroatoms. The van der Waals surface area contributed by atoms with Gasteiger partial charge in [-0.15, -0.1) is 0 Å². The molecule has 0 saturated heterocycles. The zero-order chi connectivity index (χ0) is 31.2. The van der Waals surface area contributed by atoms with Gasteiger partial charge in [-0.25, -0.2) is 0 Å². The van der Waals surface area contributed by atoms with Gasteiger partial charge in [0, 0.05) is 37.2 Å². The molecule has 0 radical (unpaired) electrons. The Morgan fingerprint density at radius 3 is 1.02 bits per heavy atom. The summed E-state index contributed by atoms with van der Waals surface area (Å²) in [4.78, 5) is 0. The minimum absolute atomic E-state index is 0.203. The van der Waals surface area contributed by atoms with Crippen LogP contribution < -0.4 is 31.8 Å². The monoisotopic (exact) mass is 634 g/mol. The van der Waals surface area contributed by atoms with E-state index < -0.39 is 14.3 Å². The van der Waals surface area contributed by atoms with E-state index in [9.17, 15) is 0 Å². The molecule has 0 unspecified atom stereocenters. The van der Waals surface area contributed by atoms with Crippen LogP contribution in [0.4, 0.5) is 0 Å². The van der Waals surface area contributed by atoms with Gasteiger partial charge in [0.2, 0.25) is 0 Å². The third-order valence-corrected chi connectivity index (χ3v) is 16.4. The highest BCUT2D eigenvalue weighted by Gasteiger charge is 2.46. The van der Waals surface area contributed by atoms with Gasteiger partial charge in [0.05, 0.1) is 0 Å². The van der Waals surface area contributed by atoms with Crippen molar-refractivity contribution in [2.24, 2.45) is 0 Å². The van der Waals surface area contributed by atoms with Crippen LogP contribution in [-0.2, 0) is 14.5 Å². The molecule has 2 aliphatic carbocycles. The lowest BCUT2D eigenvalue weighted by atomic mass is 9.68. The normalized spacial score (nSPS) is 15.3. The summed E-state index contributed by atoms with van der Waals surface area (Å²) < 4.78 is 30.8. The predicted molar refractivity (Wildman–Crippen MR) is 195 cm³/mol. The van der Waals surface area contributed by atoms with Gasteiger partial charge >= 0.3 is 0 Å². The second kappa shape index (κ2) is 11.5. The summed E-state index contributed by atoms with van der Waals surface area (Å²) in [5, 5.41) is 5.15. The lowest BCUT2D eigenvalue weighted by molar-refractivity contribution is 0.353. The molecular formula is C42H36O2P2. The Morgan fingerprint density at radius 2 is 0.696 bits per heavy atom. The molecule has 0 heterocycles. The molecule has 0 bridgehead atoms. The van der Waals surface area contributed by atoms with Crippen LogP contribution in [0.15, 0.2) is 158 Å². The van der Waals surface area contributed by atoms with Gasteiger partial charge in [-0.05, 0) is 47.2 Å². The van der Waals surface area contributed by atoms with Crippen LogP contribution >= 0.6 is 14.3 Å². The SMILES string of the molecule is O=P(c1ccccc1)(c1ccccc1)c1ccc2c(c1)C1(CCCCC1)c1cc(P(=O)(c3ccccc3)c3ccccc3)ccc1-2. The Bertz CT molecular complexity index is 1880. The average molecular weight is 635 g/mol. The molecular weight excluding hydrogens is 598 g/mol. The van der Waals surface area contributed by atoms with Crippen molar-refractivity contribution >= 4 is 46.1 Å². The molecule has 0 atom stereocenters. The van der Waals surface area contributed by atoms with Gasteiger partial charge < -0.3 is 9.13 Å². The maximum Gasteiger partial charge on any atom is 0.171 e. The van der Waals surface area contributed by atoms with Crippen LogP contribution in [0.25, 0.3) is 11.1 Å². The lowest BCUT2D eigenvalue weighted by Gasteiger charge is -2.37. The Hall–Kier alpha value is -4.22. The summed E-state index contributed by atoms with van der Waals surface area (Å²) in [5.41, 5.74) is 4.78. The third kappa shape index (κ3) is 4.46. The van der Waals surface area contributed by atoms with Gasteiger partial charge in [0.15, 0.2) is 14.3 Å². The van der Waals surface area contributed by atoms with Crippen molar-refractivity contribution < 1.29 is 9.13 Å². The van der Waals surface area contributed by atoms with E-state index in [0.29, 0.717) is 0 Å². The quantitative estimate of drug-likeness (QED) is 0.173. The molecule has 6 aromatic rings. The fourth-order valence-electron chi connectivity index (χ4n) is 8.00. The highest BCUT2D eigenvalue weighted by atomic mass is 31.2. The molecule has 2 aliphatic rings. The zero-order valence-electron chi connectivity index (χ0n) is 25.8. The van der Waals surface area contributed by atoms with Crippen LogP contribution in [0.2, 0.25) is 0 Å². The maximum absolute atomic E-state index is 15.4. The van der Waals surface area contributed by atoms with E-state index in [4.69, 9.17) is 0 Å². The number of fused-ring (bicyclic) bond motifs is 5. The molecule has 0 N–H and O–H groups in total. The molecule has 1 spiro atoms. The van der Waals surface area contributed by atoms with E-state index in [2.05, 4.69) is 36.4 Å². The summed E-state index contributed by atoms with van der Waals surface area (Å²) in [5.74, 6) is 0. The first-order valence-corrected chi connectivity index (χ1v) is 19.7. The van der Waals surface area contributed by atoms with Crippen molar-refractivity contribution in [1.29, 1.82) is 0 Å². The van der Waals surface area contributed by atoms with E-state index in [1.807, 2.05) is 121 Å². The van der Waals surface area contributed by atoms with E-state index in [1.165, 1.54) is 28.7 Å². The van der Waals surface area contributed by atoms with Gasteiger partial charge in [0.25, 0.3) is 0 Å². The lowest BCUT2D eigenvalue weighted by Crippen LogP contribution is -2.32. The molecule has 2 nitrogen and oxygen atoms in total. The number of rotatable bonds is 6. The van der Waals surface area contributed by atoms with Gasteiger partial charge in [0.1, 0.15) is 0 Å². The van der Waals surface area contributed by atoms with Crippen LogP contribution in [-0.4, -0.2) is 0 Å². The van der Waals surface area contributed by atoms with Crippen LogP contribution in [0.1, 0.15) is 43.2 Å². The highest BCUT2D eigenvalue weighted by Crippen LogP contribution is 2.57. The summed E-state index contributed by atoms with van der Waals surface area (Å²) in [6.07, 6.45) is 5.54. The molecule has 0 amide bonds. The Morgan fingerprint density at radius 1 is 0.370 bits per heavy atom. The molecule has 1 fully saturated rings. The van der Waals surface area contributed by atoms with Crippen molar-refractivity contribution in [2.75, 3.05) is 0 Å². The maximum atomic E-state index is 15.4. The largest absolute Gasteiger partial charge is 0.309 e. The summed E-state index contributed by atoms with van der Waals surface area (Å²) in [7, 11) is -6.26. The van der Waals surface area contributed by atoms with Crippen molar-refractivity contribution in [1.82, 2.24) is 0 Å². The van der Waals surface area contributed by atoms with Crippen LogP contribution in [0, 0.1) is 0 Å². The standard InChI is InChI=1S/C42H36O2P2/c43-45(32-16-6-1-7-17-32,33-18-8-2-9-19-33)36-24-26-38-39-27-25-37(31-41(39)42(40(38)30-36)28-14-5-15-29-42)46(44,34-20-10-3-11-21-34)35-22-12-4-13-23-35/h1-4,6-13,16-27,30-31H,5,14-15,28-29H2. The summed E-state index contributed by atoms with van der Waals surface area (Å²) in [6.45, 7) is 0. The highest BCUT2D eigenvalue weighted by molar-refractivity contribution is 7.85. The molecule has 0 aromatic heterocycles. The summed E-state index contributed by atoms with van der Waals surface area (Å²) >= 11 is 0. The molecule has 8 rings (SSSR count). The second-order valence-electron chi connectivity index (χ2n) is 12.7. The topological polar surface area (TPSA) is 34.1 Å². The first-order chi connectivity index (χ1) is 22.5. The third-order valence-electron chi connectivity index (χ3n) is 10.2. The Balaban J connectivity index is 1.34. The van der Waals surface area contributed by atoms with Gasteiger partial charge in [-0.2, -0.15) is 0 Å². The fourth-order valence-corrected chi connectivity index (χ4v) is 13.4. The van der Waals surface area contributed by atoms with Crippen molar-refractivity contribution in [3.8, 4) is 11.1 Å². The number of hydrogen-bond donors (Lipinski definition) is 0. The fraction of sp³-hybridized carbons (Fsp3) is 0.143. The first-order valence-electron chi connectivity index (χ1n) is 16.3. The molecule has 6 aromatic carbocycles. The summed E-state index contributed by atoms with van der Waals surface area (Å²) in [6, 6.07) is 53.0. The Labute approximate surface area is 271 Å². The zero-order valence-corrected chi connectivity index (χ0v) is 27.5. The number of benzene rings is 6. The van der Waals surface area contributed by atoms with Crippen molar-refractivity contribution in [3.63, 3.8) is 0 Å². The first kappa shape index (κ1) is 29.2. The van der Waals surface area contributed by atoms with Gasteiger partial charge in [-0.3, -0.25) is 0 Å². The van der Waals surface area contributed by atoms with E-state index in [1.54, 1.807) is 0 Å². The smallest absolute Gasteiger partial charge is 0.171 e. The van der Waals surface area contributed by atoms with E-state index >= 15 is 9.13 Å². The second-order valence-corrected chi connectivity index (χ2v) is 18.2. The predicted octanol–water partition coefficient (Wildman–Crippen LogP) is 8.20. The molecule has 1 saturated carbocycles. The van der Waals surface area contributed by atoms with Gasteiger partial charge in [-0.1, -0.05) is 165 Å². The van der Waals surface area contributed by atoms with E-state index in [-0.39, 0.29) is 5.41 Å². The van der Waals surface area contributed by atoms with Crippen LogP contribution in [0.5, 0.6) is 0 Å².